The van der Waals surface area contributed by atoms with Crippen LogP contribution in [0.5, 0.6) is 0 Å². The number of imide groups is 1. The van der Waals surface area contributed by atoms with Crippen molar-refractivity contribution >= 4 is 23.7 Å². The minimum atomic E-state index is -0.156. The molecule has 4 atom stereocenters. The smallest absolute Gasteiger partial charge is 0.241 e. The summed E-state index contributed by atoms with van der Waals surface area (Å²) in [4.78, 5) is 42.6. The SMILES string of the molecule is CCCNC(=O)CN=C(NCC)NCCN1C(=O)C2C3C=CC(C3)C2C1=O. The molecule has 4 unspecified atom stereocenters. The number of aliphatic imine (C=N–C) groups is 1. The van der Waals surface area contributed by atoms with Gasteiger partial charge in [0.1, 0.15) is 6.54 Å². The van der Waals surface area contributed by atoms with Crippen molar-refractivity contribution in [2.45, 2.75) is 26.7 Å². The second kappa shape index (κ2) is 8.54. The van der Waals surface area contributed by atoms with Gasteiger partial charge in [0.2, 0.25) is 17.7 Å². The Morgan fingerprint density at radius 2 is 1.74 bits per heavy atom. The third-order valence-corrected chi connectivity index (χ3v) is 5.49. The van der Waals surface area contributed by atoms with Crippen LogP contribution in [0.4, 0.5) is 0 Å². The van der Waals surface area contributed by atoms with Gasteiger partial charge in [-0.2, -0.15) is 0 Å². The molecule has 3 amide bonds. The molecule has 2 fully saturated rings. The minimum absolute atomic E-state index is 0.0375. The topological polar surface area (TPSA) is 103 Å². The summed E-state index contributed by atoms with van der Waals surface area (Å²) in [7, 11) is 0. The number of carbonyl (C=O) groups excluding carboxylic acids is 3. The van der Waals surface area contributed by atoms with Gasteiger partial charge in [-0.15, -0.1) is 0 Å². The number of rotatable bonds is 8. The molecule has 2 aliphatic carbocycles. The van der Waals surface area contributed by atoms with Gasteiger partial charge in [-0.1, -0.05) is 19.1 Å². The number of carbonyl (C=O) groups is 3. The first-order valence-electron chi connectivity index (χ1n) is 9.89. The lowest BCUT2D eigenvalue weighted by atomic mass is 9.85. The molecule has 3 rings (SSSR count). The highest BCUT2D eigenvalue weighted by atomic mass is 16.2. The van der Waals surface area contributed by atoms with E-state index < -0.39 is 0 Å². The van der Waals surface area contributed by atoms with E-state index in [2.05, 4.69) is 33.1 Å². The predicted molar refractivity (Wildman–Crippen MR) is 102 cm³/mol. The Bertz CT molecular complexity index is 630. The number of hydrogen-bond acceptors (Lipinski definition) is 4. The lowest BCUT2D eigenvalue weighted by molar-refractivity contribution is -0.140. The number of likely N-dealkylation sites (tertiary alicyclic amines) is 1. The maximum Gasteiger partial charge on any atom is 0.241 e. The molecule has 1 heterocycles. The molecule has 3 aliphatic rings. The van der Waals surface area contributed by atoms with E-state index >= 15 is 0 Å². The second-order valence-electron chi connectivity index (χ2n) is 7.30. The molecule has 0 radical (unpaired) electrons. The van der Waals surface area contributed by atoms with Crippen molar-refractivity contribution in [1.82, 2.24) is 20.9 Å². The van der Waals surface area contributed by atoms with Crippen LogP contribution in [0.2, 0.25) is 0 Å². The van der Waals surface area contributed by atoms with Crippen molar-refractivity contribution in [2.75, 3.05) is 32.7 Å². The largest absolute Gasteiger partial charge is 0.357 e. The minimum Gasteiger partial charge on any atom is -0.357 e. The number of hydrogen-bond donors (Lipinski definition) is 3. The number of fused-ring (bicyclic) bond motifs is 5. The molecule has 1 aliphatic heterocycles. The molecule has 8 nitrogen and oxygen atoms in total. The molecule has 0 aromatic heterocycles. The van der Waals surface area contributed by atoms with Gasteiger partial charge in [0.15, 0.2) is 5.96 Å². The van der Waals surface area contributed by atoms with Crippen molar-refractivity contribution < 1.29 is 14.4 Å². The Balaban J connectivity index is 1.49. The standard InChI is InChI=1S/C19H29N5O3/c1-3-7-21-14(25)11-23-19(20-4-2)22-8-9-24-17(26)15-12-5-6-13(10-12)16(15)18(24)27/h5-6,12-13,15-16H,3-4,7-11H2,1-2H3,(H,21,25)(H2,20,22,23). The molecule has 1 saturated carbocycles. The van der Waals surface area contributed by atoms with Crippen LogP contribution < -0.4 is 16.0 Å². The number of amides is 3. The van der Waals surface area contributed by atoms with Gasteiger partial charge in [-0.05, 0) is 31.6 Å². The number of nitrogens with one attached hydrogen (secondary N) is 3. The highest BCUT2D eigenvalue weighted by molar-refractivity contribution is 6.06. The van der Waals surface area contributed by atoms with Crippen LogP contribution in [0.3, 0.4) is 0 Å². The Morgan fingerprint density at radius 1 is 1.07 bits per heavy atom. The Hall–Kier alpha value is -2.38. The number of guanidine groups is 1. The first-order valence-corrected chi connectivity index (χ1v) is 9.89. The average Bonchev–Trinajstić information content (AvgIpc) is 3.33. The van der Waals surface area contributed by atoms with Crippen LogP contribution in [0.25, 0.3) is 0 Å². The molecule has 1 saturated heterocycles. The maximum atomic E-state index is 12.6. The fraction of sp³-hybridized carbons (Fsp3) is 0.684. The van der Waals surface area contributed by atoms with E-state index in [9.17, 15) is 14.4 Å². The number of nitrogens with zero attached hydrogens (tertiary/aromatic N) is 2. The average molecular weight is 375 g/mol. The van der Waals surface area contributed by atoms with Crippen molar-refractivity contribution in [1.29, 1.82) is 0 Å². The number of allylic oxidation sites excluding steroid dienone is 2. The maximum absolute atomic E-state index is 12.6. The van der Waals surface area contributed by atoms with Crippen molar-refractivity contribution in [2.24, 2.45) is 28.7 Å². The van der Waals surface area contributed by atoms with E-state index in [-0.39, 0.29) is 47.9 Å². The zero-order valence-electron chi connectivity index (χ0n) is 16.0. The zero-order valence-corrected chi connectivity index (χ0v) is 16.0. The van der Waals surface area contributed by atoms with Crippen LogP contribution >= 0.6 is 0 Å². The van der Waals surface area contributed by atoms with E-state index in [1.165, 1.54) is 4.90 Å². The van der Waals surface area contributed by atoms with E-state index in [0.29, 0.717) is 32.1 Å². The molecular formula is C19H29N5O3. The van der Waals surface area contributed by atoms with Crippen LogP contribution in [-0.2, 0) is 14.4 Å². The van der Waals surface area contributed by atoms with E-state index in [1.807, 2.05) is 13.8 Å². The van der Waals surface area contributed by atoms with Crippen LogP contribution in [0.1, 0.15) is 26.7 Å². The highest BCUT2D eigenvalue weighted by Gasteiger charge is 2.58. The lowest BCUT2D eigenvalue weighted by Gasteiger charge is -2.18. The summed E-state index contributed by atoms with van der Waals surface area (Å²) in [6, 6.07) is 0. The van der Waals surface area contributed by atoms with Crippen LogP contribution in [0, 0.1) is 23.7 Å². The van der Waals surface area contributed by atoms with Gasteiger partial charge in [-0.25, -0.2) is 4.99 Å². The van der Waals surface area contributed by atoms with Gasteiger partial charge in [0.25, 0.3) is 0 Å². The Kier molecular flexibility index (Phi) is 6.13. The molecule has 2 bridgehead atoms. The third kappa shape index (κ3) is 3.99. The van der Waals surface area contributed by atoms with E-state index in [0.717, 1.165) is 12.8 Å². The summed E-state index contributed by atoms with van der Waals surface area (Å²) in [5, 5.41) is 8.94. The summed E-state index contributed by atoms with van der Waals surface area (Å²) < 4.78 is 0. The Labute approximate surface area is 159 Å². The third-order valence-electron chi connectivity index (χ3n) is 5.49. The molecular weight excluding hydrogens is 346 g/mol. The summed E-state index contributed by atoms with van der Waals surface area (Å²) in [6.07, 6.45) is 6.01. The van der Waals surface area contributed by atoms with Gasteiger partial charge < -0.3 is 16.0 Å². The van der Waals surface area contributed by atoms with E-state index in [4.69, 9.17) is 0 Å². The first-order chi connectivity index (χ1) is 13.1. The van der Waals surface area contributed by atoms with E-state index in [1.54, 1.807) is 0 Å². The molecule has 0 spiro atoms. The fourth-order valence-electron chi connectivity index (χ4n) is 4.28. The van der Waals surface area contributed by atoms with Crippen molar-refractivity contribution in [3.63, 3.8) is 0 Å². The molecule has 0 aromatic rings. The molecule has 3 N–H and O–H groups in total. The monoisotopic (exact) mass is 375 g/mol. The second-order valence-corrected chi connectivity index (χ2v) is 7.30. The summed E-state index contributed by atoms with van der Waals surface area (Å²) >= 11 is 0. The van der Waals surface area contributed by atoms with Gasteiger partial charge in [-0.3, -0.25) is 19.3 Å². The van der Waals surface area contributed by atoms with Crippen LogP contribution in [-0.4, -0.2) is 61.3 Å². The summed E-state index contributed by atoms with van der Waals surface area (Å²) in [6.45, 7) is 5.98. The fourth-order valence-corrected chi connectivity index (χ4v) is 4.28. The molecule has 0 aromatic carbocycles. The lowest BCUT2D eigenvalue weighted by Crippen LogP contribution is -2.44. The predicted octanol–water partition coefficient (Wildman–Crippen LogP) is -0.125. The van der Waals surface area contributed by atoms with Crippen LogP contribution in [0.15, 0.2) is 17.1 Å². The molecule has 148 valence electrons. The van der Waals surface area contributed by atoms with Crippen molar-refractivity contribution in [3.8, 4) is 0 Å². The summed E-state index contributed by atoms with van der Waals surface area (Å²) in [5.41, 5.74) is 0. The first kappa shape index (κ1) is 19.4. The quantitative estimate of drug-likeness (QED) is 0.237. The van der Waals surface area contributed by atoms with Gasteiger partial charge in [0, 0.05) is 26.2 Å². The van der Waals surface area contributed by atoms with Gasteiger partial charge >= 0.3 is 0 Å². The summed E-state index contributed by atoms with van der Waals surface area (Å²) in [5.74, 6) is 0.451. The zero-order chi connectivity index (χ0) is 19.4. The molecule has 27 heavy (non-hydrogen) atoms. The Morgan fingerprint density at radius 3 is 2.33 bits per heavy atom. The van der Waals surface area contributed by atoms with Crippen molar-refractivity contribution in [3.05, 3.63) is 12.2 Å². The normalized spacial score (nSPS) is 28.7. The highest BCUT2D eigenvalue weighted by Crippen LogP contribution is 2.52. The molecule has 8 heteroatoms. The van der Waals surface area contributed by atoms with Gasteiger partial charge in [0.05, 0.1) is 11.8 Å².